The Kier molecular flexibility index (Phi) is 4.24. The fraction of sp³-hybridized carbons (Fsp3) is 0.154. The van der Waals surface area contributed by atoms with E-state index in [4.69, 9.17) is 23.2 Å². The number of rotatable bonds is 4. The Morgan fingerprint density at radius 1 is 1.12 bits per heavy atom. The standard InChI is InChI=1S/C13H12Cl2N2/c14-11-7-4-8-16-13(11)17-9-12(15)10-5-2-1-3-6-10/h1-8,12H,9H2,(H,16,17). The van der Waals surface area contributed by atoms with Gasteiger partial charge in [0.05, 0.1) is 10.4 Å². The van der Waals surface area contributed by atoms with Crippen LogP contribution in [0.5, 0.6) is 0 Å². The number of anilines is 1. The predicted molar refractivity (Wildman–Crippen MR) is 72.8 cm³/mol. The molecule has 1 aromatic carbocycles. The second kappa shape index (κ2) is 5.89. The van der Waals surface area contributed by atoms with E-state index in [0.717, 1.165) is 5.56 Å². The molecule has 1 atom stereocenters. The van der Waals surface area contributed by atoms with Crippen molar-refractivity contribution in [3.8, 4) is 0 Å². The molecule has 2 aromatic rings. The molecule has 2 rings (SSSR count). The van der Waals surface area contributed by atoms with Gasteiger partial charge in [0.2, 0.25) is 0 Å². The summed E-state index contributed by atoms with van der Waals surface area (Å²) in [4.78, 5) is 4.14. The maximum atomic E-state index is 6.28. The number of hydrogen-bond acceptors (Lipinski definition) is 2. The molecule has 0 amide bonds. The van der Waals surface area contributed by atoms with Gasteiger partial charge >= 0.3 is 0 Å². The fourth-order valence-electron chi connectivity index (χ4n) is 1.48. The number of pyridine rings is 1. The molecule has 1 N–H and O–H groups in total. The summed E-state index contributed by atoms with van der Waals surface area (Å²) >= 11 is 12.3. The Labute approximate surface area is 111 Å². The average Bonchev–Trinajstić information content (AvgIpc) is 2.38. The van der Waals surface area contributed by atoms with Crippen LogP contribution in [-0.2, 0) is 0 Å². The molecule has 0 saturated heterocycles. The van der Waals surface area contributed by atoms with Crippen molar-refractivity contribution < 1.29 is 0 Å². The van der Waals surface area contributed by atoms with E-state index in [1.807, 2.05) is 30.3 Å². The smallest absolute Gasteiger partial charge is 0.144 e. The Morgan fingerprint density at radius 2 is 1.88 bits per heavy atom. The SMILES string of the molecule is Clc1cccnc1NCC(Cl)c1ccccc1. The number of aromatic nitrogens is 1. The van der Waals surface area contributed by atoms with Crippen molar-refractivity contribution in [2.45, 2.75) is 5.38 Å². The fourth-order valence-corrected chi connectivity index (χ4v) is 1.89. The molecule has 1 aromatic heterocycles. The van der Waals surface area contributed by atoms with E-state index >= 15 is 0 Å². The van der Waals surface area contributed by atoms with Crippen LogP contribution in [0.1, 0.15) is 10.9 Å². The van der Waals surface area contributed by atoms with Crippen molar-refractivity contribution in [1.29, 1.82) is 0 Å². The highest BCUT2D eigenvalue weighted by molar-refractivity contribution is 6.32. The zero-order valence-electron chi connectivity index (χ0n) is 9.11. The first-order valence-electron chi connectivity index (χ1n) is 5.31. The maximum Gasteiger partial charge on any atom is 0.144 e. The van der Waals surface area contributed by atoms with Gasteiger partial charge in [-0.15, -0.1) is 11.6 Å². The van der Waals surface area contributed by atoms with E-state index in [2.05, 4.69) is 10.3 Å². The molecule has 1 unspecified atom stereocenters. The molecule has 88 valence electrons. The first-order valence-corrected chi connectivity index (χ1v) is 6.12. The van der Waals surface area contributed by atoms with Crippen LogP contribution < -0.4 is 5.32 Å². The summed E-state index contributed by atoms with van der Waals surface area (Å²) in [5.41, 5.74) is 1.08. The minimum atomic E-state index is -0.103. The number of hydrogen-bond donors (Lipinski definition) is 1. The van der Waals surface area contributed by atoms with Gasteiger partial charge in [0.1, 0.15) is 5.82 Å². The monoisotopic (exact) mass is 266 g/mol. The van der Waals surface area contributed by atoms with Crippen LogP contribution in [0.15, 0.2) is 48.7 Å². The molecule has 17 heavy (non-hydrogen) atoms. The molecule has 0 saturated carbocycles. The van der Waals surface area contributed by atoms with Crippen LogP contribution in [0, 0.1) is 0 Å². The Hall–Kier alpha value is -1.25. The van der Waals surface area contributed by atoms with E-state index in [1.54, 1.807) is 18.3 Å². The lowest BCUT2D eigenvalue weighted by Crippen LogP contribution is -2.09. The molecule has 0 spiro atoms. The van der Waals surface area contributed by atoms with Gasteiger partial charge in [0.15, 0.2) is 0 Å². The van der Waals surface area contributed by atoms with Gasteiger partial charge in [-0.25, -0.2) is 4.98 Å². The number of nitrogens with one attached hydrogen (secondary N) is 1. The van der Waals surface area contributed by atoms with Crippen LogP contribution in [0.25, 0.3) is 0 Å². The number of benzene rings is 1. The van der Waals surface area contributed by atoms with E-state index in [-0.39, 0.29) is 5.38 Å². The Morgan fingerprint density at radius 3 is 2.59 bits per heavy atom. The van der Waals surface area contributed by atoms with Crippen LogP contribution in [0.4, 0.5) is 5.82 Å². The maximum absolute atomic E-state index is 6.28. The first-order chi connectivity index (χ1) is 8.27. The lowest BCUT2D eigenvalue weighted by Gasteiger charge is -2.12. The summed E-state index contributed by atoms with van der Waals surface area (Å²) < 4.78 is 0. The Balaban J connectivity index is 1.97. The van der Waals surface area contributed by atoms with E-state index in [9.17, 15) is 0 Å². The van der Waals surface area contributed by atoms with Gasteiger partial charge in [-0.3, -0.25) is 0 Å². The van der Waals surface area contributed by atoms with E-state index in [1.165, 1.54) is 0 Å². The second-order valence-electron chi connectivity index (χ2n) is 3.59. The minimum absolute atomic E-state index is 0.103. The normalized spacial score (nSPS) is 12.1. The van der Waals surface area contributed by atoms with E-state index in [0.29, 0.717) is 17.4 Å². The zero-order valence-corrected chi connectivity index (χ0v) is 10.6. The first kappa shape index (κ1) is 12.2. The average molecular weight is 267 g/mol. The summed E-state index contributed by atoms with van der Waals surface area (Å²) in [6.45, 7) is 0.586. The molecule has 0 radical (unpaired) electrons. The van der Waals surface area contributed by atoms with Gasteiger partial charge < -0.3 is 5.32 Å². The van der Waals surface area contributed by atoms with Gasteiger partial charge in [-0.1, -0.05) is 41.9 Å². The predicted octanol–water partition coefficient (Wildman–Crippen LogP) is 4.13. The number of halogens is 2. The third-order valence-corrected chi connectivity index (χ3v) is 3.08. The van der Waals surface area contributed by atoms with E-state index < -0.39 is 0 Å². The summed E-state index contributed by atoms with van der Waals surface area (Å²) in [6.07, 6.45) is 1.69. The van der Waals surface area contributed by atoms with Crippen molar-refractivity contribution in [1.82, 2.24) is 4.98 Å². The molecule has 0 bridgehead atoms. The highest BCUT2D eigenvalue weighted by atomic mass is 35.5. The highest BCUT2D eigenvalue weighted by Gasteiger charge is 2.08. The molecular weight excluding hydrogens is 255 g/mol. The van der Waals surface area contributed by atoms with Gasteiger partial charge in [0.25, 0.3) is 0 Å². The number of nitrogens with zero attached hydrogens (tertiary/aromatic N) is 1. The van der Waals surface area contributed by atoms with Gasteiger partial charge in [-0.05, 0) is 17.7 Å². The summed E-state index contributed by atoms with van der Waals surface area (Å²) in [5.74, 6) is 0.663. The molecule has 0 fully saturated rings. The highest BCUT2D eigenvalue weighted by Crippen LogP contribution is 2.22. The molecule has 4 heteroatoms. The molecule has 1 heterocycles. The lowest BCUT2D eigenvalue weighted by molar-refractivity contribution is 0.967. The van der Waals surface area contributed by atoms with Crippen molar-refractivity contribution in [3.05, 3.63) is 59.2 Å². The van der Waals surface area contributed by atoms with Crippen LogP contribution in [0.3, 0.4) is 0 Å². The molecule has 0 aliphatic carbocycles. The minimum Gasteiger partial charge on any atom is -0.367 e. The summed E-state index contributed by atoms with van der Waals surface area (Å²) in [6, 6.07) is 13.5. The van der Waals surface area contributed by atoms with Crippen molar-refractivity contribution in [2.24, 2.45) is 0 Å². The molecule has 2 nitrogen and oxygen atoms in total. The third-order valence-electron chi connectivity index (χ3n) is 2.37. The zero-order chi connectivity index (χ0) is 12.1. The topological polar surface area (TPSA) is 24.9 Å². The van der Waals surface area contributed by atoms with Crippen LogP contribution >= 0.6 is 23.2 Å². The van der Waals surface area contributed by atoms with Crippen LogP contribution in [-0.4, -0.2) is 11.5 Å². The van der Waals surface area contributed by atoms with Crippen LogP contribution in [0.2, 0.25) is 5.02 Å². The molecular formula is C13H12Cl2N2. The Bertz CT molecular complexity index is 474. The van der Waals surface area contributed by atoms with Gasteiger partial charge in [-0.2, -0.15) is 0 Å². The third kappa shape index (κ3) is 3.35. The number of alkyl halides is 1. The summed E-state index contributed by atoms with van der Waals surface area (Å²) in [7, 11) is 0. The van der Waals surface area contributed by atoms with Crippen molar-refractivity contribution in [2.75, 3.05) is 11.9 Å². The second-order valence-corrected chi connectivity index (χ2v) is 4.53. The van der Waals surface area contributed by atoms with Gasteiger partial charge in [0, 0.05) is 12.7 Å². The summed E-state index contributed by atoms with van der Waals surface area (Å²) in [5, 5.41) is 3.63. The quantitative estimate of drug-likeness (QED) is 0.842. The largest absolute Gasteiger partial charge is 0.367 e. The van der Waals surface area contributed by atoms with Crippen molar-refractivity contribution >= 4 is 29.0 Å². The molecule has 0 aliphatic heterocycles. The lowest BCUT2D eigenvalue weighted by atomic mass is 10.1. The van der Waals surface area contributed by atoms with Crippen molar-refractivity contribution in [3.63, 3.8) is 0 Å². The molecule has 0 aliphatic rings.